The number of benzene rings is 2. The molecular formula is C21H21Cl2N3O4S2. The van der Waals surface area contributed by atoms with Crippen LogP contribution in [0.15, 0.2) is 46.7 Å². The monoisotopic (exact) mass is 513 g/mol. The predicted molar refractivity (Wildman–Crippen MR) is 128 cm³/mol. The Balaban J connectivity index is 1.46. The van der Waals surface area contributed by atoms with Crippen molar-refractivity contribution in [3.05, 3.63) is 51.8 Å². The maximum atomic E-state index is 13.0. The molecule has 1 aliphatic heterocycles. The molecule has 0 saturated carbocycles. The lowest BCUT2D eigenvalue weighted by molar-refractivity contribution is 0.355. The maximum absolute atomic E-state index is 13.0. The first-order valence-electron chi connectivity index (χ1n) is 9.71. The Morgan fingerprint density at radius 2 is 1.66 bits per heavy atom. The first kappa shape index (κ1) is 23.1. The Hall–Kier alpha value is -2.04. The number of methoxy groups -OCH3 is 2. The topological polar surface area (TPSA) is 72.0 Å². The highest BCUT2D eigenvalue weighted by molar-refractivity contribution is 7.89. The highest BCUT2D eigenvalue weighted by Crippen LogP contribution is 2.35. The molecule has 1 saturated heterocycles. The van der Waals surface area contributed by atoms with Crippen molar-refractivity contribution in [3.63, 3.8) is 0 Å². The van der Waals surface area contributed by atoms with E-state index in [2.05, 4.69) is 4.90 Å². The van der Waals surface area contributed by atoms with Crippen LogP contribution in [-0.2, 0) is 10.0 Å². The molecule has 0 bridgehead atoms. The highest BCUT2D eigenvalue weighted by atomic mass is 35.5. The van der Waals surface area contributed by atoms with E-state index in [-0.39, 0.29) is 9.92 Å². The first-order valence-corrected chi connectivity index (χ1v) is 12.8. The van der Waals surface area contributed by atoms with E-state index < -0.39 is 10.0 Å². The third kappa shape index (κ3) is 4.53. The summed E-state index contributed by atoms with van der Waals surface area (Å²) in [4.78, 5) is 6.99. The van der Waals surface area contributed by atoms with Crippen LogP contribution in [0.1, 0.15) is 0 Å². The van der Waals surface area contributed by atoms with Gasteiger partial charge in [0, 0.05) is 37.1 Å². The lowest BCUT2D eigenvalue weighted by Crippen LogP contribution is -2.48. The van der Waals surface area contributed by atoms with E-state index in [1.165, 1.54) is 33.8 Å². The second-order valence-corrected chi connectivity index (χ2v) is 10.6. The smallest absolute Gasteiger partial charge is 0.243 e. The van der Waals surface area contributed by atoms with Crippen LogP contribution in [0.4, 0.5) is 5.13 Å². The van der Waals surface area contributed by atoms with Crippen molar-refractivity contribution in [2.24, 2.45) is 0 Å². The average molecular weight is 514 g/mol. The van der Waals surface area contributed by atoms with Gasteiger partial charge in [-0.2, -0.15) is 4.31 Å². The van der Waals surface area contributed by atoms with Crippen LogP contribution < -0.4 is 14.4 Å². The van der Waals surface area contributed by atoms with E-state index in [9.17, 15) is 8.42 Å². The number of ether oxygens (including phenoxy) is 2. The lowest BCUT2D eigenvalue weighted by atomic mass is 10.1. The van der Waals surface area contributed by atoms with Crippen LogP contribution in [0.2, 0.25) is 10.0 Å². The normalized spacial score (nSPS) is 15.1. The maximum Gasteiger partial charge on any atom is 0.243 e. The summed E-state index contributed by atoms with van der Waals surface area (Å²) in [5.74, 6) is 1.30. The number of rotatable bonds is 6. The number of piperazine rings is 1. The van der Waals surface area contributed by atoms with Crippen LogP contribution in [0.3, 0.4) is 0 Å². The fraction of sp³-hybridized carbons (Fsp3) is 0.286. The van der Waals surface area contributed by atoms with Crippen LogP contribution in [0, 0.1) is 0 Å². The van der Waals surface area contributed by atoms with Gasteiger partial charge in [-0.3, -0.25) is 0 Å². The molecule has 7 nitrogen and oxygen atoms in total. The lowest BCUT2D eigenvalue weighted by Gasteiger charge is -2.33. The van der Waals surface area contributed by atoms with Crippen LogP contribution in [-0.4, -0.2) is 58.1 Å². The number of halogens is 2. The van der Waals surface area contributed by atoms with E-state index in [1.807, 2.05) is 23.6 Å². The Morgan fingerprint density at radius 3 is 2.31 bits per heavy atom. The summed E-state index contributed by atoms with van der Waals surface area (Å²) in [6.45, 7) is 1.79. The summed E-state index contributed by atoms with van der Waals surface area (Å²) in [7, 11) is -0.444. The fourth-order valence-electron chi connectivity index (χ4n) is 3.44. The largest absolute Gasteiger partial charge is 0.493 e. The predicted octanol–water partition coefficient (Wildman–Crippen LogP) is 4.65. The molecule has 32 heavy (non-hydrogen) atoms. The van der Waals surface area contributed by atoms with Crippen molar-refractivity contribution in [1.82, 2.24) is 9.29 Å². The molecule has 0 N–H and O–H groups in total. The minimum absolute atomic E-state index is 0.144. The van der Waals surface area contributed by atoms with E-state index in [0.29, 0.717) is 42.7 Å². The summed E-state index contributed by atoms with van der Waals surface area (Å²) in [5.41, 5.74) is 1.75. The van der Waals surface area contributed by atoms with Gasteiger partial charge in [0.1, 0.15) is 0 Å². The minimum Gasteiger partial charge on any atom is -0.493 e. The van der Waals surface area contributed by atoms with Crippen LogP contribution >= 0.6 is 34.5 Å². The number of aromatic nitrogens is 1. The van der Waals surface area contributed by atoms with E-state index in [1.54, 1.807) is 14.2 Å². The molecule has 0 aliphatic carbocycles. The van der Waals surface area contributed by atoms with Crippen molar-refractivity contribution in [2.45, 2.75) is 4.90 Å². The third-order valence-corrected chi connectivity index (χ3v) is 8.74. The summed E-state index contributed by atoms with van der Waals surface area (Å²) >= 11 is 13.4. The van der Waals surface area contributed by atoms with Gasteiger partial charge in [-0.05, 0) is 36.4 Å². The molecule has 11 heteroatoms. The Kier molecular flexibility index (Phi) is 6.83. The van der Waals surface area contributed by atoms with E-state index in [0.717, 1.165) is 16.4 Å². The van der Waals surface area contributed by atoms with Gasteiger partial charge in [0.2, 0.25) is 10.0 Å². The van der Waals surface area contributed by atoms with Gasteiger partial charge >= 0.3 is 0 Å². The van der Waals surface area contributed by atoms with Gasteiger partial charge in [0.15, 0.2) is 16.6 Å². The quantitative estimate of drug-likeness (QED) is 0.477. The third-order valence-electron chi connectivity index (χ3n) is 5.21. The molecule has 0 atom stereocenters. The van der Waals surface area contributed by atoms with Crippen molar-refractivity contribution >= 4 is 49.7 Å². The Morgan fingerprint density at radius 1 is 0.938 bits per heavy atom. The molecule has 0 radical (unpaired) electrons. The molecule has 1 fully saturated rings. The summed E-state index contributed by atoms with van der Waals surface area (Å²) < 4.78 is 38.1. The number of thiazole rings is 1. The number of sulfonamides is 1. The average Bonchev–Trinajstić information content (AvgIpc) is 3.30. The molecule has 3 aromatic rings. The molecule has 2 heterocycles. The number of nitrogens with zero attached hydrogens (tertiary/aromatic N) is 3. The minimum atomic E-state index is -3.64. The number of hydrogen-bond donors (Lipinski definition) is 0. The molecule has 0 spiro atoms. The highest BCUT2D eigenvalue weighted by Gasteiger charge is 2.30. The van der Waals surface area contributed by atoms with Crippen molar-refractivity contribution in [2.75, 3.05) is 45.3 Å². The zero-order valence-electron chi connectivity index (χ0n) is 17.4. The zero-order chi connectivity index (χ0) is 22.9. The fourth-order valence-corrected chi connectivity index (χ4v) is 6.14. The van der Waals surface area contributed by atoms with Gasteiger partial charge in [0.25, 0.3) is 0 Å². The van der Waals surface area contributed by atoms with E-state index in [4.69, 9.17) is 37.7 Å². The molecule has 170 valence electrons. The molecular weight excluding hydrogens is 493 g/mol. The second-order valence-electron chi connectivity index (χ2n) is 7.05. The number of anilines is 1. The standard InChI is InChI=1S/C21H21Cl2N3O4S2/c1-29-19-6-3-14(11-20(19)30-2)18-13-31-21(24-18)25-7-9-26(10-8-25)32(27,28)15-4-5-16(22)17(23)12-15/h3-6,11-13H,7-10H2,1-2H3. The van der Waals surface area contributed by atoms with Crippen molar-refractivity contribution < 1.29 is 17.9 Å². The molecule has 2 aromatic carbocycles. The Bertz CT molecular complexity index is 1230. The summed E-state index contributed by atoms with van der Waals surface area (Å²) in [5, 5.41) is 3.37. The summed E-state index contributed by atoms with van der Waals surface area (Å²) in [6.07, 6.45) is 0. The number of hydrogen-bond acceptors (Lipinski definition) is 7. The van der Waals surface area contributed by atoms with E-state index >= 15 is 0 Å². The molecule has 4 rings (SSSR count). The van der Waals surface area contributed by atoms with Gasteiger partial charge in [-0.15, -0.1) is 11.3 Å². The molecule has 0 unspecified atom stereocenters. The Labute approximate surface area is 201 Å². The molecule has 1 aliphatic rings. The van der Waals surface area contributed by atoms with Crippen molar-refractivity contribution in [3.8, 4) is 22.8 Å². The van der Waals surface area contributed by atoms with Gasteiger partial charge in [0.05, 0.1) is 34.9 Å². The van der Waals surface area contributed by atoms with Crippen LogP contribution in [0.5, 0.6) is 11.5 Å². The van der Waals surface area contributed by atoms with Gasteiger partial charge in [-0.1, -0.05) is 23.2 Å². The molecule has 0 amide bonds. The SMILES string of the molecule is COc1ccc(-c2csc(N3CCN(S(=O)(=O)c4ccc(Cl)c(Cl)c4)CC3)n2)cc1OC. The van der Waals surface area contributed by atoms with Crippen LogP contribution in [0.25, 0.3) is 11.3 Å². The second kappa shape index (κ2) is 9.44. The summed E-state index contributed by atoms with van der Waals surface area (Å²) in [6, 6.07) is 10.0. The zero-order valence-corrected chi connectivity index (χ0v) is 20.6. The first-order chi connectivity index (χ1) is 15.3. The molecule has 1 aromatic heterocycles. The van der Waals surface area contributed by atoms with Gasteiger partial charge in [-0.25, -0.2) is 13.4 Å². The van der Waals surface area contributed by atoms with Gasteiger partial charge < -0.3 is 14.4 Å². The van der Waals surface area contributed by atoms with Crippen molar-refractivity contribution in [1.29, 1.82) is 0 Å².